The molecule has 0 aliphatic carbocycles. The van der Waals surface area contributed by atoms with Gasteiger partial charge < -0.3 is 10.6 Å². The first-order chi connectivity index (χ1) is 9.81. The first-order valence-electron chi connectivity index (χ1n) is 7.35. The zero-order chi connectivity index (χ0) is 15.6. The van der Waals surface area contributed by atoms with Crippen LogP contribution in [0.3, 0.4) is 0 Å². The number of benzene rings is 1. The average molecular weight is 311 g/mol. The molecule has 0 saturated carbocycles. The highest BCUT2D eigenvalue weighted by Gasteiger charge is 2.23. The SMILES string of the molecule is Cc1ccc(C)c(S(=O)(=O)NCC2CCN(C)CC2)c1N. The van der Waals surface area contributed by atoms with Gasteiger partial charge >= 0.3 is 0 Å². The molecule has 21 heavy (non-hydrogen) atoms. The van der Waals surface area contributed by atoms with Crippen LogP contribution in [0.5, 0.6) is 0 Å². The van der Waals surface area contributed by atoms with Crippen molar-refractivity contribution in [3.63, 3.8) is 0 Å². The fraction of sp³-hybridized carbons (Fsp3) is 0.600. The molecule has 0 radical (unpaired) electrons. The van der Waals surface area contributed by atoms with Crippen LogP contribution in [0.2, 0.25) is 0 Å². The molecular formula is C15H25N3O2S. The normalized spacial score (nSPS) is 18.0. The van der Waals surface area contributed by atoms with E-state index in [9.17, 15) is 8.42 Å². The molecule has 0 bridgehead atoms. The van der Waals surface area contributed by atoms with Gasteiger partial charge in [0.1, 0.15) is 4.90 Å². The monoisotopic (exact) mass is 311 g/mol. The largest absolute Gasteiger partial charge is 0.397 e. The maximum atomic E-state index is 12.5. The van der Waals surface area contributed by atoms with Crippen molar-refractivity contribution >= 4 is 15.7 Å². The maximum Gasteiger partial charge on any atom is 0.242 e. The Morgan fingerprint density at radius 2 is 1.81 bits per heavy atom. The van der Waals surface area contributed by atoms with Gasteiger partial charge in [0.05, 0.1) is 5.69 Å². The predicted molar refractivity (Wildman–Crippen MR) is 85.7 cm³/mol. The quantitative estimate of drug-likeness (QED) is 0.827. The molecule has 118 valence electrons. The van der Waals surface area contributed by atoms with Crippen LogP contribution in [0, 0.1) is 19.8 Å². The van der Waals surface area contributed by atoms with Gasteiger partial charge in [-0.2, -0.15) is 0 Å². The summed E-state index contributed by atoms with van der Waals surface area (Å²) < 4.78 is 27.8. The first-order valence-corrected chi connectivity index (χ1v) is 8.83. The van der Waals surface area contributed by atoms with Gasteiger partial charge in [-0.05, 0) is 63.9 Å². The molecule has 5 nitrogen and oxygen atoms in total. The van der Waals surface area contributed by atoms with Crippen LogP contribution < -0.4 is 10.5 Å². The van der Waals surface area contributed by atoms with E-state index in [0.29, 0.717) is 23.7 Å². The van der Waals surface area contributed by atoms with Crippen LogP contribution in [0.1, 0.15) is 24.0 Å². The Morgan fingerprint density at radius 3 is 2.43 bits per heavy atom. The lowest BCUT2D eigenvalue weighted by Gasteiger charge is -2.29. The molecule has 1 aromatic rings. The van der Waals surface area contributed by atoms with Gasteiger partial charge in [-0.25, -0.2) is 13.1 Å². The number of hydrogen-bond acceptors (Lipinski definition) is 4. The molecule has 1 aromatic carbocycles. The fourth-order valence-electron chi connectivity index (χ4n) is 2.73. The van der Waals surface area contributed by atoms with Crippen LogP contribution in [-0.4, -0.2) is 40.0 Å². The number of nitrogen functional groups attached to an aromatic ring is 1. The van der Waals surface area contributed by atoms with Crippen LogP contribution in [0.25, 0.3) is 0 Å². The van der Waals surface area contributed by atoms with E-state index in [-0.39, 0.29) is 4.90 Å². The van der Waals surface area contributed by atoms with E-state index in [1.165, 1.54) is 0 Å². The summed E-state index contributed by atoms with van der Waals surface area (Å²) in [4.78, 5) is 2.50. The molecule has 0 atom stereocenters. The van der Waals surface area contributed by atoms with Crippen molar-refractivity contribution < 1.29 is 8.42 Å². The molecule has 3 N–H and O–H groups in total. The van der Waals surface area contributed by atoms with Crippen molar-refractivity contribution in [1.29, 1.82) is 0 Å². The van der Waals surface area contributed by atoms with Gasteiger partial charge in [0, 0.05) is 6.54 Å². The minimum atomic E-state index is -3.55. The summed E-state index contributed by atoms with van der Waals surface area (Å²) in [6, 6.07) is 3.65. The van der Waals surface area contributed by atoms with Crippen molar-refractivity contribution in [1.82, 2.24) is 9.62 Å². The van der Waals surface area contributed by atoms with E-state index in [1.54, 1.807) is 13.0 Å². The Balaban J connectivity index is 2.11. The number of likely N-dealkylation sites (tertiary alicyclic amines) is 1. The second-order valence-corrected chi connectivity index (χ2v) is 7.74. The highest BCUT2D eigenvalue weighted by Crippen LogP contribution is 2.26. The maximum absolute atomic E-state index is 12.5. The van der Waals surface area contributed by atoms with Crippen LogP contribution in [0.15, 0.2) is 17.0 Å². The van der Waals surface area contributed by atoms with E-state index < -0.39 is 10.0 Å². The third-order valence-electron chi connectivity index (χ3n) is 4.28. The number of sulfonamides is 1. The molecule has 0 aromatic heterocycles. The van der Waals surface area contributed by atoms with Crippen LogP contribution >= 0.6 is 0 Å². The molecular weight excluding hydrogens is 286 g/mol. The van der Waals surface area contributed by atoms with Gasteiger partial charge in [-0.15, -0.1) is 0 Å². The number of nitrogens with zero attached hydrogens (tertiary/aromatic N) is 1. The van der Waals surface area contributed by atoms with E-state index in [1.807, 2.05) is 13.0 Å². The molecule has 1 aliphatic rings. The Labute approximate surface area is 127 Å². The Kier molecular flexibility index (Phi) is 4.91. The van der Waals surface area contributed by atoms with Gasteiger partial charge in [-0.3, -0.25) is 0 Å². The number of anilines is 1. The number of rotatable bonds is 4. The number of nitrogens with two attached hydrogens (primary N) is 1. The third kappa shape index (κ3) is 3.75. The molecule has 0 unspecified atom stereocenters. The minimum absolute atomic E-state index is 0.232. The lowest BCUT2D eigenvalue weighted by atomic mass is 9.98. The summed E-state index contributed by atoms with van der Waals surface area (Å²) in [6.45, 7) is 6.14. The molecule has 6 heteroatoms. The van der Waals surface area contributed by atoms with Crippen LogP contribution in [0.4, 0.5) is 5.69 Å². The van der Waals surface area contributed by atoms with Gasteiger partial charge in [0.25, 0.3) is 0 Å². The fourth-order valence-corrected chi connectivity index (χ4v) is 4.27. The summed E-state index contributed by atoms with van der Waals surface area (Å²) in [5, 5.41) is 0. The first kappa shape index (κ1) is 16.3. The molecule has 0 amide bonds. The van der Waals surface area contributed by atoms with Crippen molar-refractivity contribution in [2.24, 2.45) is 5.92 Å². The Bertz CT molecular complexity index is 606. The summed E-state index contributed by atoms with van der Waals surface area (Å²) in [5.41, 5.74) is 7.80. The number of hydrogen-bond donors (Lipinski definition) is 2. The van der Waals surface area contributed by atoms with E-state index in [2.05, 4.69) is 16.7 Å². The standard InChI is InChI=1S/C15H25N3O2S/c1-11-4-5-12(2)15(14(11)16)21(19,20)17-10-13-6-8-18(3)9-7-13/h4-5,13,17H,6-10,16H2,1-3H3. The highest BCUT2D eigenvalue weighted by atomic mass is 32.2. The molecule has 1 heterocycles. The van der Waals surface area contributed by atoms with Crippen molar-refractivity contribution in [2.45, 2.75) is 31.6 Å². The Hall–Kier alpha value is -1.11. The van der Waals surface area contributed by atoms with Gasteiger partial charge in [0.2, 0.25) is 10.0 Å². The number of aryl methyl sites for hydroxylation is 2. The van der Waals surface area contributed by atoms with Crippen LogP contribution in [-0.2, 0) is 10.0 Å². The number of nitrogens with one attached hydrogen (secondary N) is 1. The summed E-state index contributed by atoms with van der Waals surface area (Å²) >= 11 is 0. The molecule has 0 spiro atoms. The summed E-state index contributed by atoms with van der Waals surface area (Å²) in [5.74, 6) is 0.405. The molecule has 1 saturated heterocycles. The second-order valence-electron chi connectivity index (χ2n) is 6.04. The van der Waals surface area contributed by atoms with Gasteiger partial charge in [0.15, 0.2) is 0 Å². The lowest BCUT2D eigenvalue weighted by molar-refractivity contribution is 0.220. The second kappa shape index (κ2) is 6.34. The summed E-state index contributed by atoms with van der Waals surface area (Å²) in [6.07, 6.45) is 2.06. The van der Waals surface area contributed by atoms with Crippen molar-refractivity contribution in [2.75, 3.05) is 32.4 Å². The van der Waals surface area contributed by atoms with E-state index in [0.717, 1.165) is 31.5 Å². The van der Waals surface area contributed by atoms with E-state index >= 15 is 0 Å². The molecule has 1 aliphatic heterocycles. The third-order valence-corrected chi connectivity index (χ3v) is 5.91. The molecule has 2 rings (SSSR count). The zero-order valence-electron chi connectivity index (χ0n) is 13.0. The lowest BCUT2D eigenvalue weighted by Crippen LogP contribution is -2.37. The average Bonchev–Trinajstić information content (AvgIpc) is 2.43. The van der Waals surface area contributed by atoms with Gasteiger partial charge in [-0.1, -0.05) is 12.1 Å². The topological polar surface area (TPSA) is 75.4 Å². The van der Waals surface area contributed by atoms with Crippen molar-refractivity contribution in [3.8, 4) is 0 Å². The van der Waals surface area contributed by atoms with E-state index in [4.69, 9.17) is 5.73 Å². The van der Waals surface area contributed by atoms with Crippen molar-refractivity contribution in [3.05, 3.63) is 23.3 Å². The zero-order valence-corrected chi connectivity index (χ0v) is 13.8. The minimum Gasteiger partial charge on any atom is -0.397 e. The Morgan fingerprint density at radius 1 is 1.24 bits per heavy atom. The molecule has 1 fully saturated rings. The number of piperidine rings is 1. The highest BCUT2D eigenvalue weighted by molar-refractivity contribution is 7.89. The predicted octanol–water partition coefficient (Wildman–Crippen LogP) is 1.51. The summed E-state index contributed by atoms with van der Waals surface area (Å²) in [7, 11) is -1.45. The smallest absolute Gasteiger partial charge is 0.242 e.